The SMILES string of the molecule is O=Cc1ccoc1O.[H-].[Na+]. The first kappa shape index (κ1) is 8.75. The molecule has 0 aromatic carbocycles. The van der Waals surface area contributed by atoms with Crippen molar-refractivity contribution in [3.05, 3.63) is 17.9 Å². The molecule has 1 aromatic heterocycles. The van der Waals surface area contributed by atoms with Gasteiger partial charge in [0.15, 0.2) is 6.29 Å². The van der Waals surface area contributed by atoms with Gasteiger partial charge in [-0.05, 0) is 6.07 Å². The van der Waals surface area contributed by atoms with Crippen LogP contribution in [0.2, 0.25) is 0 Å². The molecule has 44 valence electrons. The number of hydrogen-bond acceptors (Lipinski definition) is 3. The molecule has 0 fully saturated rings. The summed E-state index contributed by atoms with van der Waals surface area (Å²) in [4.78, 5) is 9.87. The number of furan rings is 1. The Morgan fingerprint density at radius 2 is 2.44 bits per heavy atom. The van der Waals surface area contributed by atoms with Crippen LogP contribution in [-0.2, 0) is 0 Å². The fourth-order valence-electron chi connectivity index (χ4n) is 0.401. The molecule has 0 unspecified atom stereocenters. The van der Waals surface area contributed by atoms with Gasteiger partial charge in [0.2, 0.25) is 0 Å². The van der Waals surface area contributed by atoms with E-state index in [-0.39, 0.29) is 42.5 Å². The number of aldehydes is 1. The Hall–Kier alpha value is -0.250. The molecule has 0 spiro atoms. The Balaban J connectivity index is 0. The van der Waals surface area contributed by atoms with Crippen LogP contribution in [0.5, 0.6) is 5.95 Å². The summed E-state index contributed by atoms with van der Waals surface area (Å²) in [5.74, 6) is -0.319. The average Bonchev–Trinajstić information content (AvgIpc) is 2.14. The van der Waals surface area contributed by atoms with Crippen molar-refractivity contribution >= 4 is 6.29 Å². The van der Waals surface area contributed by atoms with Crippen molar-refractivity contribution in [2.24, 2.45) is 0 Å². The molecule has 0 aliphatic rings. The summed E-state index contributed by atoms with van der Waals surface area (Å²) in [5.41, 5.74) is 0.185. The molecule has 0 saturated heterocycles. The van der Waals surface area contributed by atoms with Gasteiger partial charge in [0.05, 0.1) is 11.8 Å². The van der Waals surface area contributed by atoms with E-state index < -0.39 is 0 Å². The Morgan fingerprint density at radius 1 is 1.78 bits per heavy atom. The molecule has 0 atom stereocenters. The molecule has 1 N–H and O–H groups in total. The monoisotopic (exact) mass is 136 g/mol. The topological polar surface area (TPSA) is 50.4 Å². The van der Waals surface area contributed by atoms with Crippen molar-refractivity contribution in [1.29, 1.82) is 0 Å². The van der Waals surface area contributed by atoms with Crippen LogP contribution in [0.3, 0.4) is 0 Å². The normalized spacial score (nSPS) is 8.00. The molecule has 0 bridgehead atoms. The maximum Gasteiger partial charge on any atom is 1.00 e. The summed E-state index contributed by atoms with van der Waals surface area (Å²) in [6.45, 7) is 0. The molecule has 4 heteroatoms. The minimum atomic E-state index is -0.319. The summed E-state index contributed by atoms with van der Waals surface area (Å²) < 4.78 is 4.38. The maximum atomic E-state index is 9.87. The van der Waals surface area contributed by atoms with Crippen LogP contribution in [0.15, 0.2) is 16.7 Å². The van der Waals surface area contributed by atoms with Gasteiger partial charge in [-0.25, -0.2) is 0 Å². The quantitative estimate of drug-likeness (QED) is 0.356. The van der Waals surface area contributed by atoms with Gasteiger partial charge < -0.3 is 11.0 Å². The minimum absolute atomic E-state index is 0. The minimum Gasteiger partial charge on any atom is -1.00 e. The van der Waals surface area contributed by atoms with Crippen molar-refractivity contribution in [3.8, 4) is 5.95 Å². The van der Waals surface area contributed by atoms with E-state index in [0.29, 0.717) is 6.29 Å². The zero-order valence-electron chi connectivity index (χ0n) is 6.00. The van der Waals surface area contributed by atoms with Crippen LogP contribution in [0.1, 0.15) is 11.8 Å². The maximum absolute atomic E-state index is 9.87. The summed E-state index contributed by atoms with van der Waals surface area (Å²) in [5, 5.41) is 8.55. The van der Waals surface area contributed by atoms with Gasteiger partial charge in [-0.15, -0.1) is 0 Å². The summed E-state index contributed by atoms with van der Waals surface area (Å²) >= 11 is 0. The van der Waals surface area contributed by atoms with Crippen LogP contribution in [0.4, 0.5) is 0 Å². The fourth-order valence-corrected chi connectivity index (χ4v) is 0.401. The molecule has 1 heterocycles. The molecular weight excluding hydrogens is 131 g/mol. The van der Waals surface area contributed by atoms with E-state index >= 15 is 0 Å². The molecule has 1 aromatic rings. The van der Waals surface area contributed by atoms with Gasteiger partial charge in [0, 0.05) is 0 Å². The molecular formula is C5H5NaO3. The van der Waals surface area contributed by atoms with E-state index in [0.717, 1.165) is 0 Å². The third-order valence-electron chi connectivity index (χ3n) is 0.801. The Bertz CT molecular complexity index is 199. The van der Waals surface area contributed by atoms with E-state index in [1.54, 1.807) is 0 Å². The second-order valence-corrected chi connectivity index (χ2v) is 1.30. The first-order valence-corrected chi connectivity index (χ1v) is 2.06. The van der Waals surface area contributed by atoms with Gasteiger partial charge >= 0.3 is 29.6 Å². The second kappa shape index (κ2) is 3.71. The fraction of sp³-hybridized carbons (Fsp3) is 0. The summed E-state index contributed by atoms with van der Waals surface area (Å²) in [6, 6.07) is 1.39. The number of carbonyl (C=O) groups excluding carboxylic acids is 1. The van der Waals surface area contributed by atoms with Crippen molar-refractivity contribution in [2.75, 3.05) is 0 Å². The molecule has 0 aliphatic heterocycles. The zero-order chi connectivity index (χ0) is 5.98. The largest absolute Gasteiger partial charge is 1.00 e. The number of hydrogen-bond donors (Lipinski definition) is 1. The van der Waals surface area contributed by atoms with Gasteiger partial charge in [0.1, 0.15) is 0 Å². The first-order chi connectivity index (χ1) is 3.84. The average molecular weight is 136 g/mol. The van der Waals surface area contributed by atoms with Crippen molar-refractivity contribution < 1.29 is 45.3 Å². The smallest absolute Gasteiger partial charge is 1.00 e. The molecule has 0 saturated carbocycles. The van der Waals surface area contributed by atoms with Gasteiger partial charge in [-0.1, -0.05) is 0 Å². The van der Waals surface area contributed by atoms with Gasteiger partial charge in [-0.2, -0.15) is 0 Å². The van der Waals surface area contributed by atoms with Crippen LogP contribution in [0.25, 0.3) is 0 Å². The first-order valence-electron chi connectivity index (χ1n) is 2.06. The molecule has 0 radical (unpaired) electrons. The van der Waals surface area contributed by atoms with Gasteiger partial charge in [-0.3, -0.25) is 4.79 Å². The Labute approximate surface area is 75.4 Å². The summed E-state index contributed by atoms with van der Waals surface area (Å²) in [7, 11) is 0. The third kappa shape index (κ3) is 1.86. The zero-order valence-corrected chi connectivity index (χ0v) is 7.00. The van der Waals surface area contributed by atoms with E-state index in [2.05, 4.69) is 4.42 Å². The van der Waals surface area contributed by atoms with E-state index in [9.17, 15) is 4.79 Å². The van der Waals surface area contributed by atoms with E-state index in [1.165, 1.54) is 12.3 Å². The standard InChI is InChI=1S/C5H4O3.Na.H/c6-3-4-1-2-8-5(4)7;;/h1-3,7H;;/q;+1;-1. The van der Waals surface area contributed by atoms with Crippen molar-refractivity contribution in [2.45, 2.75) is 0 Å². The van der Waals surface area contributed by atoms with Crippen LogP contribution in [-0.4, -0.2) is 11.4 Å². The van der Waals surface area contributed by atoms with Crippen LogP contribution >= 0.6 is 0 Å². The predicted molar refractivity (Wildman–Crippen MR) is 26.9 cm³/mol. The second-order valence-electron chi connectivity index (χ2n) is 1.30. The number of carbonyl (C=O) groups is 1. The Kier molecular flexibility index (Phi) is 3.61. The molecule has 1 rings (SSSR count). The molecule has 3 nitrogen and oxygen atoms in total. The number of aromatic hydroxyl groups is 1. The van der Waals surface area contributed by atoms with E-state index in [4.69, 9.17) is 5.11 Å². The van der Waals surface area contributed by atoms with Crippen molar-refractivity contribution in [3.63, 3.8) is 0 Å². The number of rotatable bonds is 1. The van der Waals surface area contributed by atoms with Crippen LogP contribution < -0.4 is 29.6 Å². The molecule has 0 aliphatic carbocycles. The Morgan fingerprint density at radius 3 is 2.67 bits per heavy atom. The molecule has 0 amide bonds. The molecule has 9 heavy (non-hydrogen) atoms. The third-order valence-corrected chi connectivity index (χ3v) is 0.801. The van der Waals surface area contributed by atoms with E-state index in [1.807, 2.05) is 0 Å². The summed E-state index contributed by atoms with van der Waals surface area (Å²) in [6.07, 6.45) is 1.78. The van der Waals surface area contributed by atoms with Gasteiger partial charge in [0.25, 0.3) is 5.95 Å². The van der Waals surface area contributed by atoms with Crippen LogP contribution in [0, 0.1) is 0 Å². The van der Waals surface area contributed by atoms with Crippen molar-refractivity contribution in [1.82, 2.24) is 0 Å². The predicted octanol–water partition coefficient (Wildman–Crippen LogP) is -2.09.